The number of carbonyl (C=O) groups excluding carboxylic acids is 2. The number of esters is 2. The Morgan fingerprint density at radius 1 is 1.10 bits per heavy atom. The van der Waals surface area contributed by atoms with Gasteiger partial charge in [-0.1, -0.05) is 17.7 Å². The maximum atomic E-state index is 13.1. The fourth-order valence-electron chi connectivity index (χ4n) is 3.51. The summed E-state index contributed by atoms with van der Waals surface area (Å²) in [6.07, 6.45) is 0. The molecule has 0 bridgehead atoms. The first-order valence-electron chi connectivity index (χ1n) is 8.95. The molecule has 8 nitrogen and oxygen atoms in total. The van der Waals surface area contributed by atoms with Crippen molar-refractivity contribution in [3.8, 4) is 0 Å². The van der Waals surface area contributed by atoms with Crippen LogP contribution < -0.4 is 10.3 Å². The summed E-state index contributed by atoms with van der Waals surface area (Å²) in [4.78, 5) is 42.6. The molecule has 0 saturated carbocycles. The molecule has 154 valence electrons. The number of benzene rings is 2. The molecule has 1 aromatic heterocycles. The van der Waals surface area contributed by atoms with Gasteiger partial charge < -0.3 is 24.1 Å². The topological polar surface area (TPSA) is 97.9 Å². The van der Waals surface area contributed by atoms with Gasteiger partial charge in [0, 0.05) is 21.3 Å². The smallest absolute Gasteiger partial charge is 0.355 e. The third-order valence-corrected chi connectivity index (χ3v) is 5.13. The Hall–Kier alpha value is -3.36. The lowest BCUT2D eigenvalue weighted by molar-refractivity contribution is -0.140. The van der Waals surface area contributed by atoms with Crippen molar-refractivity contribution in [2.24, 2.45) is 0 Å². The number of fused-ring (bicyclic) bond motifs is 2. The largest absolute Gasteiger partial charge is 0.466 e. The van der Waals surface area contributed by atoms with E-state index in [0.717, 1.165) is 0 Å². The summed E-state index contributed by atoms with van der Waals surface area (Å²) >= 11 is 6.05. The molecule has 3 aromatic rings. The van der Waals surface area contributed by atoms with Crippen molar-refractivity contribution >= 4 is 51.0 Å². The van der Waals surface area contributed by atoms with Crippen molar-refractivity contribution in [3.05, 3.63) is 62.9 Å². The fourth-order valence-corrected chi connectivity index (χ4v) is 3.68. The maximum absolute atomic E-state index is 13.1. The molecule has 2 aromatic carbocycles. The van der Waals surface area contributed by atoms with Gasteiger partial charge in [-0.2, -0.15) is 0 Å². The van der Waals surface area contributed by atoms with E-state index in [-0.39, 0.29) is 30.0 Å². The number of halogens is 1. The molecule has 4 rings (SSSR count). The van der Waals surface area contributed by atoms with E-state index in [0.29, 0.717) is 32.5 Å². The molecule has 0 amide bonds. The molecule has 0 spiro atoms. The van der Waals surface area contributed by atoms with Crippen LogP contribution in [0.2, 0.25) is 5.02 Å². The van der Waals surface area contributed by atoms with Crippen LogP contribution in [0.3, 0.4) is 0 Å². The number of carbonyl (C=O) groups is 2. The highest BCUT2D eigenvalue weighted by Gasteiger charge is 2.33. The van der Waals surface area contributed by atoms with Crippen LogP contribution in [0, 0.1) is 0 Å². The first-order valence-corrected chi connectivity index (χ1v) is 9.33. The Morgan fingerprint density at radius 2 is 1.87 bits per heavy atom. The van der Waals surface area contributed by atoms with Gasteiger partial charge in [0.1, 0.15) is 12.4 Å². The average Bonchev–Trinajstić information content (AvgIpc) is 2.78. The Kier molecular flexibility index (Phi) is 5.19. The average molecular weight is 429 g/mol. The van der Waals surface area contributed by atoms with E-state index in [1.54, 1.807) is 36.4 Å². The zero-order valence-electron chi connectivity index (χ0n) is 16.2. The number of aromatic amines is 1. The summed E-state index contributed by atoms with van der Waals surface area (Å²) < 4.78 is 15.2. The Labute approximate surface area is 175 Å². The number of H-pyrrole nitrogens is 1. The fraction of sp³-hybridized carbons (Fsp3) is 0.190. The molecule has 2 heterocycles. The Morgan fingerprint density at radius 3 is 2.60 bits per heavy atom. The van der Waals surface area contributed by atoms with Crippen molar-refractivity contribution in [2.45, 2.75) is 0 Å². The van der Waals surface area contributed by atoms with Crippen LogP contribution in [-0.2, 0) is 23.8 Å². The van der Waals surface area contributed by atoms with Crippen LogP contribution in [-0.4, -0.2) is 44.5 Å². The quantitative estimate of drug-likeness (QED) is 0.506. The van der Waals surface area contributed by atoms with Crippen molar-refractivity contribution in [1.29, 1.82) is 0 Å². The standard InChI is InChI=1S/C21H17ClN2O6/c1-28-20(26)14-9-30-10-24(18(14)21(27)29-2)16-5-3-4-12-17(16)23-15-7-6-11(22)8-13(15)19(12)25/h3-8H,9-10H2,1-2H3,(H,23,25). The van der Waals surface area contributed by atoms with Crippen LogP contribution in [0.5, 0.6) is 0 Å². The second-order valence-corrected chi connectivity index (χ2v) is 7.00. The van der Waals surface area contributed by atoms with Crippen molar-refractivity contribution in [2.75, 3.05) is 32.5 Å². The van der Waals surface area contributed by atoms with Gasteiger partial charge in [-0.05, 0) is 30.3 Å². The van der Waals surface area contributed by atoms with Crippen LogP contribution in [0.25, 0.3) is 21.8 Å². The van der Waals surface area contributed by atoms with E-state index in [9.17, 15) is 14.4 Å². The number of hydrogen-bond donors (Lipinski definition) is 1. The van der Waals surface area contributed by atoms with Gasteiger partial charge in [0.05, 0.1) is 37.6 Å². The van der Waals surface area contributed by atoms with E-state index in [4.69, 9.17) is 25.8 Å². The Balaban J connectivity index is 2.01. The number of hydrogen-bond acceptors (Lipinski definition) is 7. The minimum absolute atomic E-state index is 0.000141. The molecule has 0 saturated heterocycles. The number of pyridine rings is 1. The number of aromatic nitrogens is 1. The van der Waals surface area contributed by atoms with E-state index in [1.807, 2.05) is 0 Å². The monoisotopic (exact) mass is 428 g/mol. The lowest BCUT2D eigenvalue weighted by atomic mass is 10.1. The zero-order valence-corrected chi connectivity index (χ0v) is 16.9. The normalized spacial score (nSPS) is 14.3. The maximum Gasteiger partial charge on any atom is 0.355 e. The molecular formula is C21H17ClN2O6. The molecule has 0 atom stereocenters. The van der Waals surface area contributed by atoms with E-state index >= 15 is 0 Å². The molecule has 30 heavy (non-hydrogen) atoms. The number of rotatable bonds is 3. The van der Waals surface area contributed by atoms with Gasteiger partial charge in [0.2, 0.25) is 0 Å². The first-order chi connectivity index (χ1) is 14.5. The van der Waals surface area contributed by atoms with Gasteiger partial charge >= 0.3 is 11.9 Å². The van der Waals surface area contributed by atoms with Crippen molar-refractivity contribution < 1.29 is 23.8 Å². The molecule has 0 aliphatic carbocycles. The molecular weight excluding hydrogens is 412 g/mol. The second-order valence-electron chi connectivity index (χ2n) is 6.56. The predicted octanol–water partition coefficient (Wildman–Crippen LogP) is 2.73. The highest BCUT2D eigenvalue weighted by atomic mass is 35.5. The van der Waals surface area contributed by atoms with Crippen molar-refractivity contribution in [1.82, 2.24) is 4.98 Å². The summed E-state index contributed by atoms with van der Waals surface area (Å²) in [5.41, 5.74) is 1.36. The summed E-state index contributed by atoms with van der Waals surface area (Å²) in [6.45, 7) is -0.124. The van der Waals surface area contributed by atoms with Crippen LogP contribution in [0.15, 0.2) is 52.5 Å². The van der Waals surface area contributed by atoms with Crippen LogP contribution >= 0.6 is 11.6 Å². The van der Waals surface area contributed by atoms with Gasteiger partial charge in [0.15, 0.2) is 5.43 Å². The molecule has 1 N–H and O–H groups in total. The second kappa shape index (κ2) is 7.81. The molecule has 1 aliphatic heterocycles. The number of methoxy groups -OCH3 is 2. The lowest BCUT2D eigenvalue weighted by Crippen LogP contribution is -2.39. The molecule has 0 fully saturated rings. The summed E-state index contributed by atoms with van der Waals surface area (Å²) in [5, 5.41) is 1.30. The number of nitrogens with one attached hydrogen (secondary N) is 1. The summed E-state index contributed by atoms with van der Waals surface area (Å²) in [6, 6.07) is 10.1. The van der Waals surface area contributed by atoms with E-state index < -0.39 is 11.9 Å². The molecule has 1 aliphatic rings. The highest BCUT2D eigenvalue weighted by Crippen LogP contribution is 2.32. The summed E-state index contributed by atoms with van der Waals surface area (Å²) in [7, 11) is 2.44. The lowest BCUT2D eigenvalue weighted by Gasteiger charge is -2.31. The minimum atomic E-state index is -0.717. The predicted molar refractivity (Wildman–Crippen MR) is 111 cm³/mol. The SMILES string of the molecule is COC(=O)C1=C(C(=O)OC)N(c2cccc3c(=O)c4cc(Cl)ccc4[nH]c23)COC1. The van der Waals surface area contributed by atoms with E-state index in [1.165, 1.54) is 19.1 Å². The zero-order chi connectivity index (χ0) is 21.4. The van der Waals surface area contributed by atoms with Crippen molar-refractivity contribution in [3.63, 3.8) is 0 Å². The van der Waals surface area contributed by atoms with Crippen LogP contribution in [0.1, 0.15) is 0 Å². The third kappa shape index (κ3) is 3.20. The highest BCUT2D eigenvalue weighted by molar-refractivity contribution is 6.31. The van der Waals surface area contributed by atoms with Gasteiger partial charge in [-0.25, -0.2) is 9.59 Å². The first kappa shape index (κ1) is 19.9. The molecule has 0 unspecified atom stereocenters. The number of ether oxygens (including phenoxy) is 3. The summed E-state index contributed by atoms with van der Waals surface area (Å²) in [5.74, 6) is -1.42. The van der Waals surface area contributed by atoms with E-state index in [2.05, 4.69) is 4.98 Å². The number of nitrogens with zero attached hydrogens (tertiary/aromatic N) is 1. The number of para-hydroxylation sites is 1. The van der Waals surface area contributed by atoms with Gasteiger partial charge in [-0.3, -0.25) is 4.79 Å². The van der Waals surface area contributed by atoms with Gasteiger partial charge in [0.25, 0.3) is 0 Å². The molecule has 0 radical (unpaired) electrons. The van der Waals surface area contributed by atoms with Gasteiger partial charge in [-0.15, -0.1) is 0 Å². The molecule has 9 heteroatoms. The Bertz CT molecular complexity index is 1280. The minimum Gasteiger partial charge on any atom is -0.466 e. The third-order valence-electron chi connectivity index (χ3n) is 4.90. The number of anilines is 1. The van der Waals surface area contributed by atoms with Crippen LogP contribution in [0.4, 0.5) is 5.69 Å².